The average molecular weight is 398 g/mol. The van der Waals surface area contributed by atoms with Crippen LogP contribution in [0.2, 0.25) is 0 Å². The lowest BCUT2D eigenvalue weighted by Gasteiger charge is -2.36. The summed E-state index contributed by atoms with van der Waals surface area (Å²) in [6.45, 7) is 5.45. The van der Waals surface area contributed by atoms with Gasteiger partial charge in [0, 0.05) is 52.4 Å². The summed E-state index contributed by atoms with van der Waals surface area (Å²) < 4.78 is 40.5. The molecule has 0 spiro atoms. The molecule has 0 aliphatic carbocycles. The summed E-state index contributed by atoms with van der Waals surface area (Å²) in [5.74, 6) is -0.430. The van der Waals surface area contributed by atoms with Crippen LogP contribution in [0.3, 0.4) is 0 Å². The van der Waals surface area contributed by atoms with Crippen molar-refractivity contribution in [1.82, 2.24) is 20.4 Å². The van der Waals surface area contributed by atoms with Gasteiger partial charge < -0.3 is 10.6 Å². The maximum atomic E-state index is 13.5. The van der Waals surface area contributed by atoms with Crippen LogP contribution in [0, 0.1) is 11.8 Å². The molecule has 2 saturated heterocycles. The second kappa shape index (κ2) is 9.24. The minimum atomic E-state index is -4.36. The van der Waals surface area contributed by atoms with Crippen molar-refractivity contribution in [3.05, 3.63) is 35.9 Å². The molecule has 3 rings (SSSR count). The maximum absolute atomic E-state index is 13.5. The standard InChI is InChI=1S/C20H29F3N4O/c1-15-12-26(13-16-5-3-2-4-6-16)14-17(15)19(28)25-11-18(20(21,22)23)27-9-7-24-8-10-27/h2-6,15,17-18,24H,7-14H2,1H3,(H,25,28). The zero-order chi connectivity index (χ0) is 20.1. The normalized spacial score (nSPS) is 25.6. The second-order valence-corrected chi connectivity index (χ2v) is 7.85. The highest BCUT2D eigenvalue weighted by Crippen LogP contribution is 2.27. The summed E-state index contributed by atoms with van der Waals surface area (Å²) in [7, 11) is 0. The van der Waals surface area contributed by atoms with Gasteiger partial charge in [-0.25, -0.2) is 0 Å². The Morgan fingerprint density at radius 2 is 1.89 bits per heavy atom. The molecule has 1 amide bonds. The predicted octanol–water partition coefficient (Wildman–Crippen LogP) is 1.71. The lowest BCUT2D eigenvalue weighted by Crippen LogP contribution is -2.58. The van der Waals surface area contributed by atoms with E-state index in [-0.39, 0.29) is 24.3 Å². The number of nitrogens with one attached hydrogen (secondary N) is 2. The Bertz CT molecular complexity index is 634. The van der Waals surface area contributed by atoms with E-state index < -0.39 is 12.2 Å². The number of piperazine rings is 1. The largest absolute Gasteiger partial charge is 0.405 e. The molecule has 3 unspecified atom stereocenters. The summed E-state index contributed by atoms with van der Waals surface area (Å²) in [5, 5.41) is 5.66. The monoisotopic (exact) mass is 398 g/mol. The molecule has 2 N–H and O–H groups in total. The van der Waals surface area contributed by atoms with Crippen molar-refractivity contribution >= 4 is 5.91 Å². The van der Waals surface area contributed by atoms with E-state index in [0.29, 0.717) is 32.7 Å². The summed E-state index contributed by atoms with van der Waals surface area (Å²) in [6, 6.07) is 8.37. The number of rotatable bonds is 6. The molecular formula is C20H29F3N4O. The van der Waals surface area contributed by atoms with Crippen molar-refractivity contribution in [2.45, 2.75) is 25.7 Å². The first-order valence-corrected chi connectivity index (χ1v) is 9.90. The number of hydrogen-bond acceptors (Lipinski definition) is 4. The van der Waals surface area contributed by atoms with E-state index in [4.69, 9.17) is 0 Å². The molecule has 2 fully saturated rings. The molecule has 2 aliphatic rings. The fraction of sp³-hybridized carbons (Fsp3) is 0.650. The molecular weight excluding hydrogens is 369 g/mol. The molecule has 2 heterocycles. The molecule has 2 aliphatic heterocycles. The predicted molar refractivity (Wildman–Crippen MR) is 102 cm³/mol. The number of benzene rings is 1. The average Bonchev–Trinajstić information content (AvgIpc) is 3.02. The van der Waals surface area contributed by atoms with Crippen LogP contribution in [0.15, 0.2) is 30.3 Å². The van der Waals surface area contributed by atoms with Crippen LogP contribution >= 0.6 is 0 Å². The van der Waals surface area contributed by atoms with Crippen LogP contribution in [0.5, 0.6) is 0 Å². The Balaban J connectivity index is 1.54. The molecule has 0 radical (unpaired) electrons. The number of carbonyl (C=O) groups is 1. The lowest BCUT2D eigenvalue weighted by atomic mass is 9.97. The van der Waals surface area contributed by atoms with Gasteiger partial charge in [-0.1, -0.05) is 37.3 Å². The Morgan fingerprint density at radius 1 is 1.21 bits per heavy atom. The van der Waals surface area contributed by atoms with Gasteiger partial charge in [0.05, 0.1) is 5.92 Å². The van der Waals surface area contributed by atoms with E-state index in [2.05, 4.69) is 15.5 Å². The van der Waals surface area contributed by atoms with Gasteiger partial charge in [0.1, 0.15) is 6.04 Å². The smallest absolute Gasteiger partial charge is 0.354 e. The quantitative estimate of drug-likeness (QED) is 0.766. The van der Waals surface area contributed by atoms with Gasteiger partial charge in [0.2, 0.25) is 5.91 Å². The highest BCUT2D eigenvalue weighted by Gasteiger charge is 2.44. The van der Waals surface area contributed by atoms with E-state index in [1.807, 2.05) is 37.3 Å². The van der Waals surface area contributed by atoms with Gasteiger partial charge >= 0.3 is 6.18 Å². The van der Waals surface area contributed by atoms with Gasteiger partial charge in [-0.3, -0.25) is 14.6 Å². The zero-order valence-corrected chi connectivity index (χ0v) is 16.2. The number of nitrogens with zero attached hydrogens (tertiary/aromatic N) is 2. The molecule has 28 heavy (non-hydrogen) atoms. The topological polar surface area (TPSA) is 47.6 Å². The number of carbonyl (C=O) groups excluding carboxylic acids is 1. The van der Waals surface area contributed by atoms with Crippen LogP contribution in [0.1, 0.15) is 12.5 Å². The van der Waals surface area contributed by atoms with Gasteiger partial charge in [-0.15, -0.1) is 0 Å². The third-order valence-electron chi connectivity index (χ3n) is 5.71. The first-order chi connectivity index (χ1) is 13.3. The number of amides is 1. The Hall–Kier alpha value is -1.64. The molecule has 8 heteroatoms. The zero-order valence-electron chi connectivity index (χ0n) is 16.2. The Kier molecular flexibility index (Phi) is 6.95. The molecule has 0 bridgehead atoms. The van der Waals surface area contributed by atoms with Crippen LogP contribution in [-0.4, -0.2) is 73.7 Å². The third kappa shape index (κ3) is 5.46. The number of likely N-dealkylation sites (tertiary alicyclic amines) is 1. The van der Waals surface area contributed by atoms with E-state index in [0.717, 1.165) is 13.1 Å². The fourth-order valence-electron chi connectivity index (χ4n) is 4.15. The highest BCUT2D eigenvalue weighted by molar-refractivity contribution is 5.79. The van der Waals surface area contributed by atoms with Gasteiger partial charge in [-0.05, 0) is 11.5 Å². The molecule has 1 aromatic carbocycles. The second-order valence-electron chi connectivity index (χ2n) is 7.85. The van der Waals surface area contributed by atoms with Crippen LogP contribution < -0.4 is 10.6 Å². The van der Waals surface area contributed by atoms with E-state index in [9.17, 15) is 18.0 Å². The first kappa shape index (κ1) is 21.1. The summed E-state index contributed by atoms with van der Waals surface area (Å²) in [6.07, 6.45) is -4.36. The third-order valence-corrected chi connectivity index (χ3v) is 5.71. The van der Waals surface area contributed by atoms with Crippen molar-refractivity contribution in [2.24, 2.45) is 11.8 Å². The minimum Gasteiger partial charge on any atom is -0.354 e. The fourth-order valence-corrected chi connectivity index (χ4v) is 4.15. The first-order valence-electron chi connectivity index (χ1n) is 9.90. The number of hydrogen-bond donors (Lipinski definition) is 2. The SMILES string of the molecule is CC1CN(Cc2ccccc2)CC1C(=O)NCC(N1CCNCC1)C(F)(F)F. The maximum Gasteiger partial charge on any atom is 0.405 e. The van der Waals surface area contributed by atoms with Crippen molar-refractivity contribution in [2.75, 3.05) is 45.8 Å². The number of alkyl halides is 3. The van der Waals surface area contributed by atoms with Crippen LogP contribution in [-0.2, 0) is 11.3 Å². The van der Waals surface area contributed by atoms with Crippen molar-refractivity contribution in [1.29, 1.82) is 0 Å². The lowest BCUT2D eigenvalue weighted by molar-refractivity contribution is -0.184. The van der Waals surface area contributed by atoms with E-state index >= 15 is 0 Å². The molecule has 3 atom stereocenters. The van der Waals surface area contributed by atoms with Crippen molar-refractivity contribution in [3.63, 3.8) is 0 Å². The summed E-state index contributed by atoms with van der Waals surface area (Å²) in [4.78, 5) is 16.2. The summed E-state index contributed by atoms with van der Waals surface area (Å²) >= 11 is 0. The van der Waals surface area contributed by atoms with Gasteiger partial charge in [0.25, 0.3) is 0 Å². The van der Waals surface area contributed by atoms with Gasteiger partial charge in [-0.2, -0.15) is 13.2 Å². The number of halogens is 3. The van der Waals surface area contributed by atoms with E-state index in [1.165, 1.54) is 10.5 Å². The summed E-state index contributed by atoms with van der Waals surface area (Å²) in [5.41, 5.74) is 1.17. The van der Waals surface area contributed by atoms with E-state index in [1.54, 1.807) is 0 Å². The molecule has 156 valence electrons. The Labute approximate surface area is 164 Å². The van der Waals surface area contributed by atoms with Crippen molar-refractivity contribution < 1.29 is 18.0 Å². The molecule has 1 aromatic rings. The van der Waals surface area contributed by atoms with Crippen LogP contribution in [0.25, 0.3) is 0 Å². The minimum absolute atomic E-state index is 0.118. The van der Waals surface area contributed by atoms with Gasteiger partial charge in [0.15, 0.2) is 0 Å². The van der Waals surface area contributed by atoms with Crippen molar-refractivity contribution in [3.8, 4) is 0 Å². The Morgan fingerprint density at radius 3 is 2.54 bits per heavy atom. The molecule has 0 saturated carbocycles. The molecule has 5 nitrogen and oxygen atoms in total. The highest BCUT2D eigenvalue weighted by atomic mass is 19.4. The molecule has 0 aromatic heterocycles. The van der Waals surface area contributed by atoms with Crippen LogP contribution in [0.4, 0.5) is 13.2 Å².